The number of ketones is 4. The summed E-state index contributed by atoms with van der Waals surface area (Å²) in [6.07, 6.45) is 8.76. The predicted octanol–water partition coefficient (Wildman–Crippen LogP) is 12.1. The quantitative estimate of drug-likeness (QED) is 0.0528. The molecule has 278 valence electrons. The lowest BCUT2D eigenvalue weighted by atomic mass is 9.87. The molecule has 5 aromatic rings. The maximum Gasteiger partial charge on any atom is 0.166 e. The molecule has 2 atom stereocenters. The van der Waals surface area contributed by atoms with Gasteiger partial charge >= 0.3 is 0 Å². The summed E-state index contributed by atoms with van der Waals surface area (Å²) < 4.78 is 0. The van der Waals surface area contributed by atoms with Crippen molar-refractivity contribution >= 4 is 23.1 Å². The highest BCUT2D eigenvalue weighted by Crippen LogP contribution is 2.27. The molecule has 54 heavy (non-hydrogen) atoms. The second-order valence-corrected chi connectivity index (χ2v) is 14.5. The summed E-state index contributed by atoms with van der Waals surface area (Å²) in [4.78, 5) is 53.0. The molecule has 4 heteroatoms. The first-order valence-corrected chi connectivity index (χ1v) is 19.8. The fourth-order valence-electron chi connectivity index (χ4n) is 7.27. The van der Waals surface area contributed by atoms with E-state index in [4.69, 9.17) is 0 Å². The number of hydrogen-bond donors (Lipinski definition) is 0. The Kier molecular flexibility index (Phi) is 15.5. The molecule has 0 saturated carbocycles. The van der Waals surface area contributed by atoms with Crippen LogP contribution in [0.4, 0.5) is 0 Å². The van der Waals surface area contributed by atoms with Crippen molar-refractivity contribution in [1.82, 2.24) is 0 Å². The molecule has 0 saturated heterocycles. The Balaban J connectivity index is 1.09. The predicted molar refractivity (Wildman–Crippen MR) is 220 cm³/mol. The number of unbranched alkanes of at least 4 members (excludes halogenated alkanes) is 2. The van der Waals surface area contributed by atoms with Crippen LogP contribution in [0.3, 0.4) is 0 Å². The van der Waals surface area contributed by atoms with Crippen LogP contribution >= 0.6 is 0 Å². The van der Waals surface area contributed by atoms with Crippen LogP contribution in [0.2, 0.25) is 0 Å². The van der Waals surface area contributed by atoms with Crippen molar-refractivity contribution in [2.24, 2.45) is 5.92 Å². The van der Waals surface area contributed by atoms with Gasteiger partial charge in [-0.15, -0.1) is 0 Å². The molecule has 0 N–H and O–H groups in total. The van der Waals surface area contributed by atoms with E-state index in [-0.39, 0.29) is 35.0 Å². The van der Waals surface area contributed by atoms with Gasteiger partial charge in [0.15, 0.2) is 23.1 Å². The molecule has 0 bridgehead atoms. The van der Waals surface area contributed by atoms with Crippen LogP contribution in [0.25, 0.3) is 0 Å². The first kappa shape index (κ1) is 40.0. The average Bonchev–Trinajstić information content (AvgIpc) is 3.22. The third-order valence-electron chi connectivity index (χ3n) is 10.6. The molecule has 0 heterocycles. The van der Waals surface area contributed by atoms with E-state index in [0.29, 0.717) is 47.9 Å². The zero-order valence-electron chi connectivity index (χ0n) is 32.0. The van der Waals surface area contributed by atoms with Gasteiger partial charge in [0.2, 0.25) is 0 Å². The molecule has 5 aromatic carbocycles. The maximum absolute atomic E-state index is 13.5. The van der Waals surface area contributed by atoms with Gasteiger partial charge in [-0.05, 0) is 98.1 Å². The SMILES string of the molecule is CCC(Cc1ccccc1)C(=O)c1cccc(C(=O)CCCCc2cccc(C(CC)CC(=O)c3cccc(C(=O)CCCCc4ccccc4)c3)c2)c1. The lowest BCUT2D eigenvalue weighted by Crippen LogP contribution is -2.17. The third kappa shape index (κ3) is 11.9. The van der Waals surface area contributed by atoms with E-state index in [1.54, 1.807) is 12.1 Å². The summed E-state index contributed by atoms with van der Waals surface area (Å²) >= 11 is 0. The Morgan fingerprint density at radius 1 is 0.463 bits per heavy atom. The molecule has 0 amide bonds. The monoisotopic (exact) mass is 718 g/mol. The molecule has 0 aliphatic heterocycles. The minimum atomic E-state index is -0.119. The normalized spacial score (nSPS) is 12.2. The molecular weight excluding hydrogens is 665 g/mol. The minimum absolute atomic E-state index is 0.0525. The van der Waals surface area contributed by atoms with Crippen molar-refractivity contribution in [3.8, 4) is 0 Å². The fourth-order valence-corrected chi connectivity index (χ4v) is 7.27. The third-order valence-corrected chi connectivity index (χ3v) is 10.6. The molecule has 5 rings (SSSR count). The van der Waals surface area contributed by atoms with Crippen LogP contribution in [-0.4, -0.2) is 23.1 Å². The Morgan fingerprint density at radius 2 is 0.963 bits per heavy atom. The van der Waals surface area contributed by atoms with Gasteiger partial charge in [0.25, 0.3) is 0 Å². The molecule has 0 spiro atoms. The van der Waals surface area contributed by atoms with Crippen molar-refractivity contribution in [2.45, 2.75) is 96.8 Å². The summed E-state index contributed by atoms with van der Waals surface area (Å²) in [5, 5.41) is 0. The highest BCUT2D eigenvalue weighted by atomic mass is 16.1. The summed E-state index contributed by atoms with van der Waals surface area (Å²) in [6, 6.07) is 43.3. The second kappa shape index (κ2) is 20.9. The molecule has 0 radical (unpaired) electrons. The summed E-state index contributed by atoms with van der Waals surface area (Å²) in [5.74, 6) is 0.247. The van der Waals surface area contributed by atoms with Crippen molar-refractivity contribution in [3.05, 3.63) is 178 Å². The lowest BCUT2D eigenvalue weighted by molar-refractivity contribution is 0.0914. The van der Waals surface area contributed by atoms with Crippen molar-refractivity contribution in [2.75, 3.05) is 0 Å². The molecule has 0 aliphatic rings. The van der Waals surface area contributed by atoms with Gasteiger partial charge in [-0.3, -0.25) is 19.2 Å². The second-order valence-electron chi connectivity index (χ2n) is 14.5. The fraction of sp³-hybridized carbons (Fsp3) is 0.320. The van der Waals surface area contributed by atoms with Gasteiger partial charge in [0, 0.05) is 47.4 Å². The number of carbonyl (C=O) groups excluding carboxylic acids is 4. The summed E-state index contributed by atoms with van der Waals surface area (Å²) in [7, 11) is 0. The van der Waals surface area contributed by atoms with E-state index in [1.807, 2.05) is 79.7 Å². The first-order valence-electron chi connectivity index (χ1n) is 19.8. The van der Waals surface area contributed by atoms with Crippen molar-refractivity contribution in [3.63, 3.8) is 0 Å². The average molecular weight is 719 g/mol. The smallest absolute Gasteiger partial charge is 0.166 e. The van der Waals surface area contributed by atoms with Crippen LogP contribution in [0.1, 0.15) is 141 Å². The maximum atomic E-state index is 13.5. The van der Waals surface area contributed by atoms with E-state index >= 15 is 0 Å². The van der Waals surface area contributed by atoms with Gasteiger partial charge in [-0.2, -0.15) is 0 Å². The molecule has 0 fully saturated rings. The Labute approximate surface area is 322 Å². The zero-order valence-corrected chi connectivity index (χ0v) is 32.0. The highest BCUT2D eigenvalue weighted by Gasteiger charge is 2.21. The topological polar surface area (TPSA) is 68.3 Å². The summed E-state index contributed by atoms with van der Waals surface area (Å²) in [5.41, 5.74) is 7.18. The van der Waals surface area contributed by atoms with E-state index in [0.717, 1.165) is 62.5 Å². The molecule has 0 aliphatic carbocycles. The van der Waals surface area contributed by atoms with Crippen molar-refractivity contribution < 1.29 is 19.2 Å². The molecule has 0 aromatic heterocycles. The number of benzene rings is 5. The van der Waals surface area contributed by atoms with Gasteiger partial charge in [-0.1, -0.05) is 135 Å². The largest absolute Gasteiger partial charge is 0.294 e. The van der Waals surface area contributed by atoms with Crippen LogP contribution in [0, 0.1) is 5.92 Å². The zero-order chi connectivity index (χ0) is 38.1. The van der Waals surface area contributed by atoms with Gasteiger partial charge in [-0.25, -0.2) is 0 Å². The van der Waals surface area contributed by atoms with E-state index in [2.05, 4.69) is 55.5 Å². The molecule has 2 unspecified atom stereocenters. The Bertz CT molecular complexity index is 1980. The van der Waals surface area contributed by atoms with Crippen LogP contribution in [0.5, 0.6) is 0 Å². The highest BCUT2D eigenvalue weighted by molar-refractivity contribution is 6.03. The van der Waals surface area contributed by atoms with E-state index in [1.165, 1.54) is 11.1 Å². The van der Waals surface area contributed by atoms with E-state index in [9.17, 15) is 19.2 Å². The van der Waals surface area contributed by atoms with Gasteiger partial charge < -0.3 is 0 Å². The molecular formula is C50H54O4. The Morgan fingerprint density at radius 3 is 1.56 bits per heavy atom. The van der Waals surface area contributed by atoms with Crippen LogP contribution in [-0.2, 0) is 19.3 Å². The lowest BCUT2D eigenvalue weighted by Gasteiger charge is -2.16. The number of aryl methyl sites for hydroxylation is 2. The van der Waals surface area contributed by atoms with Gasteiger partial charge in [0.1, 0.15) is 0 Å². The number of rotatable bonds is 22. The number of carbonyl (C=O) groups is 4. The van der Waals surface area contributed by atoms with E-state index < -0.39 is 0 Å². The Hall–Kier alpha value is -5.22. The standard InChI is InChI=1S/C50H54O4/c1-3-40(36-49(53)45-28-16-26-43(34-45)47(51)30-13-11-20-37-18-7-5-8-19-37)42-25-15-24-39(33-42)23-12-14-31-48(52)44-27-17-29-46(35-44)50(54)41(4-2)32-38-21-9-6-10-22-38/h5-10,15-19,21-22,24-29,33-35,40-41H,3-4,11-14,20,23,30-32,36H2,1-2H3. The minimum Gasteiger partial charge on any atom is -0.294 e. The van der Waals surface area contributed by atoms with Crippen LogP contribution < -0.4 is 0 Å². The summed E-state index contributed by atoms with van der Waals surface area (Å²) in [6.45, 7) is 4.15. The van der Waals surface area contributed by atoms with Gasteiger partial charge in [0.05, 0.1) is 0 Å². The van der Waals surface area contributed by atoms with Crippen molar-refractivity contribution in [1.29, 1.82) is 0 Å². The first-order chi connectivity index (χ1) is 26.3. The molecule has 4 nitrogen and oxygen atoms in total. The van der Waals surface area contributed by atoms with Crippen LogP contribution in [0.15, 0.2) is 133 Å². The number of Topliss-reactive ketones (excluding diaryl/α,β-unsaturated/α-hetero) is 4. The number of hydrogen-bond acceptors (Lipinski definition) is 4.